The molecule has 0 saturated carbocycles. The van der Waals surface area contributed by atoms with Crippen LogP contribution in [0.3, 0.4) is 0 Å². The summed E-state index contributed by atoms with van der Waals surface area (Å²) >= 11 is 1.78. The second-order valence-electron chi connectivity index (χ2n) is 3.93. The molecule has 0 aliphatic carbocycles. The van der Waals surface area contributed by atoms with Crippen molar-refractivity contribution in [3.8, 4) is 0 Å². The minimum atomic E-state index is -0.452. The molecule has 0 aliphatic heterocycles. The first kappa shape index (κ1) is 14.1. The third-order valence-corrected chi connectivity index (χ3v) is 3.16. The molecular weight excluding hydrogens is 232 g/mol. The van der Waals surface area contributed by atoms with E-state index in [-0.39, 0.29) is 5.91 Å². The first-order valence-corrected chi connectivity index (χ1v) is 7.19. The SMILES string of the molecule is CSCCCNC(=O)[C@H](N)Cc1ccccc1. The third kappa shape index (κ3) is 5.75. The first-order chi connectivity index (χ1) is 8.24. The van der Waals surface area contributed by atoms with E-state index in [1.807, 2.05) is 30.3 Å². The van der Waals surface area contributed by atoms with Crippen molar-refractivity contribution in [1.29, 1.82) is 0 Å². The van der Waals surface area contributed by atoms with Crippen molar-refractivity contribution < 1.29 is 4.79 Å². The van der Waals surface area contributed by atoms with E-state index in [9.17, 15) is 4.79 Å². The predicted molar refractivity (Wildman–Crippen MR) is 74.1 cm³/mol. The number of rotatable bonds is 7. The maximum atomic E-state index is 11.7. The Hall–Kier alpha value is -1.00. The van der Waals surface area contributed by atoms with Crippen LogP contribution in [0.5, 0.6) is 0 Å². The highest BCUT2D eigenvalue weighted by molar-refractivity contribution is 7.98. The molecule has 0 bridgehead atoms. The Balaban J connectivity index is 2.27. The zero-order valence-corrected chi connectivity index (χ0v) is 11.0. The number of benzene rings is 1. The number of carbonyl (C=O) groups excluding carboxylic acids is 1. The standard InChI is InChI=1S/C13H20N2OS/c1-17-9-5-8-15-13(16)12(14)10-11-6-3-2-4-7-11/h2-4,6-7,12H,5,8-10,14H2,1H3,(H,15,16)/t12-/m1/s1. The summed E-state index contributed by atoms with van der Waals surface area (Å²) in [6, 6.07) is 9.39. The molecule has 3 N–H and O–H groups in total. The maximum Gasteiger partial charge on any atom is 0.237 e. The Morgan fingerprint density at radius 1 is 1.41 bits per heavy atom. The average Bonchev–Trinajstić information content (AvgIpc) is 2.35. The van der Waals surface area contributed by atoms with Gasteiger partial charge in [0.1, 0.15) is 0 Å². The van der Waals surface area contributed by atoms with Crippen LogP contribution in [0.4, 0.5) is 0 Å². The van der Waals surface area contributed by atoms with Gasteiger partial charge in [0, 0.05) is 6.54 Å². The van der Waals surface area contributed by atoms with Gasteiger partial charge < -0.3 is 11.1 Å². The van der Waals surface area contributed by atoms with Gasteiger partial charge in [0.05, 0.1) is 6.04 Å². The molecule has 3 nitrogen and oxygen atoms in total. The van der Waals surface area contributed by atoms with Gasteiger partial charge in [-0.1, -0.05) is 30.3 Å². The number of hydrogen-bond donors (Lipinski definition) is 2. The fourth-order valence-electron chi connectivity index (χ4n) is 1.52. The zero-order valence-electron chi connectivity index (χ0n) is 10.2. The number of hydrogen-bond acceptors (Lipinski definition) is 3. The molecule has 4 heteroatoms. The normalized spacial score (nSPS) is 12.1. The number of nitrogens with two attached hydrogens (primary N) is 1. The van der Waals surface area contributed by atoms with E-state index in [2.05, 4.69) is 11.6 Å². The lowest BCUT2D eigenvalue weighted by Gasteiger charge is -2.12. The van der Waals surface area contributed by atoms with Gasteiger partial charge >= 0.3 is 0 Å². The van der Waals surface area contributed by atoms with E-state index >= 15 is 0 Å². The number of nitrogens with one attached hydrogen (secondary N) is 1. The molecule has 1 rings (SSSR count). The number of thioether (sulfide) groups is 1. The van der Waals surface area contributed by atoms with Gasteiger partial charge in [0.2, 0.25) is 5.91 Å². The molecule has 1 atom stereocenters. The van der Waals surface area contributed by atoms with Crippen LogP contribution in [-0.2, 0) is 11.2 Å². The maximum absolute atomic E-state index is 11.7. The molecule has 17 heavy (non-hydrogen) atoms. The van der Waals surface area contributed by atoms with E-state index in [0.717, 1.165) is 17.7 Å². The summed E-state index contributed by atoms with van der Waals surface area (Å²) < 4.78 is 0. The topological polar surface area (TPSA) is 55.1 Å². The van der Waals surface area contributed by atoms with Crippen molar-refractivity contribution in [2.45, 2.75) is 18.9 Å². The summed E-state index contributed by atoms with van der Waals surface area (Å²) in [5.74, 6) is 1.00. The molecule has 0 fully saturated rings. The van der Waals surface area contributed by atoms with E-state index in [0.29, 0.717) is 13.0 Å². The largest absolute Gasteiger partial charge is 0.355 e. The molecule has 0 radical (unpaired) electrons. The highest BCUT2D eigenvalue weighted by atomic mass is 32.2. The highest BCUT2D eigenvalue weighted by Gasteiger charge is 2.12. The van der Waals surface area contributed by atoms with E-state index < -0.39 is 6.04 Å². The quantitative estimate of drug-likeness (QED) is 0.722. The average molecular weight is 252 g/mol. The van der Waals surface area contributed by atoms with Crippen LogP contribution in [0.2, 0.25) is 0 Å². The smallest absolute Gasteiger partial charge is 0.237 e. The van der Waals surface area contributed by atoms with Crippen molar-refractivity contribution in [3.63, 3.8) is 0 Å². The van der Waals surface area contributed by atoms with Crippen molar-refractivity contribution in [2.75, 3.05) is 18.6 Å². The Morgan fingerprint density at radius 3 is 2.76 bits per heavy atom. The molecule has 0 unspecified atom stereocenters. The van der Waals surface area contributed by atoms with Crippen LogP contribution in [0.15, 0.2) is 30.3 Å². The molecule has 1 aromatic rings. The second-order valence-corrected chi connectivity index (χ2v) is 4.92. The van der Waals surface area contributed by atoms with Crippen molar-refractivity contribution >= 4 is 17.7 Å². The molecular formula is C13H20N2OS. The number of carbonyl (C=O) groups is 1. The van der Waals surface area contributed by atoms with E-state index in [1.165, 1.54) is 0 Å². The second kappa shape index (κ2) is 8.14. The summed E-state index contributed by atoms with van der Waals surface area (Å²) in [4.78, 5) is 11.7. The fourth-order valence-corrected chi connectivity index (χ4v) is 1.95. The van der Waals surface area contributed by atoms with Crippen LogP contribution in [0, 0.1) is 0 Å². The first-order valence-electron chi connectivity index (χ1n) is 5.80. The van der Waals surface area contributed by atoms with Crippen LogP contribution >= 0.6 is 11.8 Å². The molecule has 0 heterocycles. The summed E-state index contributed by atoms with van der Waals surface area (Å²) in [6.45, 7) is 0.710. The molecule has 0 saturated heterocycles. The van der Waals surface area contributed by atoms with Crippen LogP contribution in [0.1, 0.15) is 12.0 Å². The van der Waals surface area contributed by atoms with Gasteiger partial charge in [-0.15, -0.1) is 0 Å². The highest BCUT2D eigenvalue weighted by Crippen LogP contribution is 2.02. The molecule has 0 spiro atoms. The van der Waals surface area contributed by atoms with E-state index in [1.54, 1.807) is 11.8 Å². The van der Waals surface area contributed by atoms with Gasteiger partial charge in [-0.05, 0) is 30.4 Å². The minimum absolute atomic E-state index is 0.0602. The Kier molecular flexibility index (Phi) is 6.74. The van der Waals surface area contributed by atoms with Crippen molar-refractivity contribution in [2.24, 2.45) is 5.73 Å². The predicted octanol–water partition coefficient (Wildman–Crippen LogP) is 1.43. The van der Waals surface area contributed by atoms with Crippen LogP contribution in [0.25, 0.3) is 0 Å². The lowest BCUT2D eigenvalue weighted by molar-refractivity contribution is -0.122. The van der Waals surface area contributed by atoms with Gasteiger partial charge in [0.15, 0.2) is 0 Å². The molecule has 0 aliphatic rings. The van der Waals surface area contributed by atoms with Crippen LogP contribution in [-0.4, -0.2) is 30.5 Å². The summed E-state index contributed by atoms with van der Waals surface area (Å²) in [5.41, 5.74) is 6.94. The van der Waals surface area contributed by atoms with Crippen molar-refractivity contribution in [3.05, 3.63) is 35.9 Å². The molecule has 94 valence electrons. The monoisotopic (exact) mass is 252 g/mol. The summed E-state index contributed by atoms with van der Waals surface area (Å²) in [5, 5.41) is 2.86. The Bertz CT molecular complexity index is 329. The Morgan fingerprint density at radius 2 is 2.12 bits per heavy atom. The van der Waals surface area contributed by atoms with Gasteiger partial charge in [-0.25, -0.2) is 0 Å². The molecule has 0 aromatic heterocycles. The lowest BCUT2D eigenvalue weighted by atomic mass is 10.1. The minimum Gasteiger partial charge on any atom is -0.355 e. The lowest BCUT2D eigenvalue weighted by Crippen LogP contribution is -2.42. The Labute approximate surface area is 107 Å². The van der Waals surface area contributed by atoms with Gasteiger partial charge in [-0.2, -0.15) is 11.8 Å². The van der Waals surface area contributed by atoms with Gasteiger partial charge in [0.25, 0.3) is 0 Å². The third-order valence-electron chi connectivity index (χ3n) is 2.46. The van der Waals surface area contributed by atoms with Crippen LogP contribution < -0.4 is 11.1 Å². The summed E-state index contributed by atoms with van der Waals surface area (Å²) in [6.07, 6.45) is 3.64. The van der Waals surface area contributed by atoms with Crippen molar-refractivity contribution in [1.82, 2.24) is 5.32 Å². The molecule has 1 amide bonds. The fraction of sp³-hybridized carbons (Fsp3) is 0.462. The molecule has 1 aromatic carbocycles. The zero-order chi connectivity index (χ0) is 12.5. The number of amides is 1. The van der Waals surface area contributed by atoms with Gasteiger partial charge in [-0.3, -0.25) is 4.79 Å². The van der Waals surface area contributed by atoms with E-state index in [4.69, 9.17) is 5.73 Å². The summed E-state index contributed by atoms with van der Waals surface area (Å²) in [7, 11) is 0.